The van der Waals surface area contributed by atoms with Gasteiger partial charge in [0.1, 0.15) is 0 Å². The molecule has 2 aromatic carbocycles. The van der Waals surface area contributed by atoms with E-state index in [-0.39, 0.29) is 28.9 Å². The number of sulfonamides is 1. The smallest absolute Gasteiger partial charge is 0.238 e. The minimum absolute atomic E-state index is 0. The molecule has 0 unspecified atom stereocenters. The number of nitrogens with two attached hydrogens (primary N) is 2. The zero-order valence-electron chi connectivity index (χ0n) is 12.3. The van der Waals surface area contributed by atoms with Gasteiger partial charge in [-0.2, -0.15) is 0 Å². The van der Waals surface area contributed by atoms with Crippen LogP contribution < -0.4 is 16.2 Å². The summed E-state index contributed by atoms with van der Waals surface area (Å²) in [7, 11) is -3.65. The van der Waals surface area contributed by atoms with Crippen LogP contribution in [-0.2, 0) is 16.4 Å². The molecule has 0 amide bonds. The third kappa shape index (κ3) is 6.55. The molecule has 0 bridgehead atoms. The predicted molar refractivity (Wildman–Crippen MR) is 103 cm³/mol. The van der Waals surface area contributed by atoms with Gasteiger partial charge in [0.15, 0.2) is 5.96 Å². The molecule has 6 nitrogen and oxygen atoms in total. The van der Waals surface area contributed by atoms with Crippen molar-refractivity contribution in [3.63, 3.8) is 0 Å². The standard InChI is InChI=1S/C15H18N4O2S.HI/c16-15(19-13-4-2-1-3-5-13)18-11-10-12-6-8-14(9-7-12)22(17,20)21;/h1-9H,10-11H2,(H3,16,18,19)(H2,17,20,21);1H. The van der Waals surface area contributed by atoms with E-state index in [1.165, 1.54) is 12.1 Å². The van der Waals surface area contributed by atoms with Crippen molar-refractivity contribution in [3.8, 4) is 0 Å². The first kappa shape index (κ1) is 19.4. The number of nitrogens with one attached hydrogen (secondary N) is 1. The van der Waals surface area contributed by atoms with Gasteiger partial charge in [0.25, 0.3) is 0 Å². The quantitative estimate of drug-likeness (QED) is 0.370. The zero-order chi connectivity index (χ0) is 16.0. The minimum atomic E-state index is -3.65. The molecule has 5 N–H and O–H groups in total. The third-order valence-corrected chi connectivity index (χ3v) is 3.91. The highest BCUT2D eigenvalue weighted by atomic mass is 127. The summed E-state index contributed by atoms with van der Waals surface area (Å²) in [5.41, 5.74) is 7.63. The van der Waals surface area contributed by atoms with Gasteiger partial charge in [-0.3, -0.25) is 4.99 Å². The van der Waals surface area contributed by atoms with Crippen LogP contribution in [0.2, 0.25) is 0 Å². The fourth-order valence-electron chi connectivity index (χ4n) is 1.86. The Balaban J connectivity index is 0.00000264. The van der Waals surface area contributed by atoms with Crippen LogP contribution in [-0.4, -0.2) is 20.9 Å². The molecule has 0 aliphatic carbocycles. The predicted octanol–water partition coefficient (Wildman–Crippen LogP) is 1.92. The van der Waals surface area contributed by atoms with Crippen molar-refractivity contribution in [2.24, 2.45) is 15.9 Å². The third-order valence-electron chi connectivity index (χ3n) is 2.98. The normalized spacial score (nSPS) is 11.6. The van der Waals surface area contributed by atoms with Gasteiger partial charge in [0, 0.05) is 12.2 Å². The molecular weight excluding hydrogens is 427 g/mol. The Morgan fingerprint density at radius 1 is 1.04 bits per heavy atom. The van der Waals surface area contributed by atoms with Gasteiger partial charge in [0.05, 0.1) is 4.90 Å². The van der Waals surface area contributed by atoms with Crippen LogP contribution in [0.5, 0.6) is 0 Å². The Labute approximate surface area is 153 Å². The molecule has 23 heavy (non-hydrogen) atoms. The van der Waals surface area contributed by atoms with Crippen molar-refractivity contribution >= 4 is 45.6 Å². The van der Waals surface area contributed by atoms with E-state index in [9.17, 15) is 8.42 Å². The molecule has 0 saturated heterocycles. The highest BCUT2D eigenvalue weighted by Crippen LogP contribution is 2.09. The average Bonchev–Trinajstić information content (AvgIpc) is 2.48. The Morgan fingerprint density at radius 3 is 2.22 bits per heavy atom. The number of anilines is 1. The molecule has 0 atom stereocenters. The number of rotatable bonds is 5. The lowest BCUT2D eigenvalue weighted by Gasteiger charge is -2.05. The number of nitrogens with zero attached hydrogens (tertiary/aromatic N) is 1. The van der Waals surface area contributed by atoms with Crippen LogP contribution in [0.25, 0.3) is 0 Å². The summed E-state index contributed by atoms with van der Waals surface area (Å²) in [5.74, 6) is 0.340. The van der Waals surface area contributed by atoms with E-state index in [2.05, 4.69) is 10.3 Å². The Kier molecular flexibility index (Phi) is 7.46. The molecule has 0 radical (unpaired) electrons. The minimum Gasteiger partial charge on any atom is -0.370 e. The summed E-state index contributed by atoms with van der Waals surface area (Å²) in [6.07, 6.45) is 0.655. The van der Waals surface area contributed by atoms with Gasteiger partial charge in [-0.25, -0.2) is 13.6 Å². The highest BCUT2D eigenvalue weighted by molar-refractivity contribution is 14.0. The number of para-hydroxylation sites is 1. The number of guanidine groups is 1. The zero-order valence-corrected chi connectivity index (χ0v) is 15.5. The number of aliphatic imine (C=N–C) groups is 1. The van der Waals surface area contributed by atoms with Gasteiger partial charge < -0.3 is 11.1 Å². The topological polar surface area (TPSA) is 111 Å². The highest BCUT2D eigenvalue weighted by Gasteiger charge is 2.06. The Hall–Kier alpha value is -1.65. The number of benzene rings is 2. The number of halogens is 1. The molecule has 0 heterocycles. The Bertz CT molecular complexity index is 747. The second-order valence-electron chi connectivity index (χ2n) is 4.70. The van der Waals surface area contributed by atoms with E-state index in [0.29, 0.717) is 18.9 Å². The summed E-state index contributed by atoms with van der Waals surface area (Å²) < 4.78 is 22.3. The van der Waals surface area contributed by atoms with Crippen LogP contribution in [0.1, 0.15) is 5.56 Å². The SMILES string of the molecule is I.NC(=NCCc1ccc(S(N)(=O)=O)cc1)Nc1ccccc1. The maximum absolute atomic E-state index is 11.2. The summed E-state index contributed by atoms with van der Waals surface area (Å²) in [6, 6.07) is 15.9. The van der Waals surface area contributed by atoms with E-state index in [0.717, 1.165) is 11.3 Å². The molecule has 2 rings (SSSR count). The van der Waals surface area contributed by atoms with E-state index in [1.807, 2.05) is 30.3 Å². The maximum atomic E-state index is 11.2. The summed E-state index contributed by atoms with van der Waals surface area (Å²) in [5, 5.41) is 8.03. The monoisotopic (exact) mass is 446 g/mol. The van der Waals surface area contributed by atoms with Crippen LogP contribution in [0, 0.1) is 0 Å². The first-order chi connectivity index (χ1) is 10.4. The van der Waals surface area contributed by atoms with Crippen molar-refractivity contribution < 1.29 is 8.42 Å². The molecule has 0 spiro atoms. The van der Waals surface area contributed by atoms with Gasteiger partial charge in [-0.1, -0.05) is 30.3 Å². The lowest BCUT2D eigenvalue weighted by atomic mass is 10.1. The van der Waals surface area contributed by atoms with Crippen molar-refractivity contribution in [1.29, 1.82) is 0 Å². The number of primary sulfonamides is 1. The number of hydrogen-bond donors (Lipinski definition) is 3. The van der Waals surface area contributed by atoms with Gasteiger partial charge >= 0.3 is 0 Å². The molecule has 0 aliphatic rings. The van der Waals surface area contributed by atoms with Crippen molar-refractivity contribution in [1.82, 2.24) is 0 Å². The fraction of sp³-hybridized carbons (Fsp3) is 0.133. The van der Waals surface area contributed by atoms with Crippen molar-refractivity contribution in [2.45, 2.75) is 11.3 Å². The van der Waals surface area contributed by atoms with Crippen LogP contribution in [0.4, 0.5) is 5.69 Å². The van der Waals surface area contributed by atoms with E-state index in [1.54, 1.807) is 12.1 Å². The van der Waals surface area contributed by atoms with E-state index >= 15 is 0 Å². The molecule has 0 fully saturated rings. The van der Waals surface area contributed by atoms with Crippen LogP contribution >= 0.6 is 24.0 Å². The van der Waals surface area contributed by atoms with Crippen LogP contribution in [0.15, 0.2) is 64.5 Å². The maximum Gasteiger partial charge on any atom is 0.238 e. The first-order valence-electron chi connectivity index (χ1n) is 6.69. The van der Waals surface area contributed by atoms with Crippen molar-refractivity contribution in [2.75, 3.05) is 11.9 Å². The average molecular weight is 446 g/mol. The lowest BCUT2D eigenvalue weighted by molar-refractivity contribution is 0.598. The molecule has 0 aromatic heterocycles. The first-order valence-corrected chi connectivity index (χ1v) is 8.23. The molecule has 0 saturated carbocycles. The van der Waals surface area contributed by atoms with Crippen molar-refractivity contribution in [3.05, 3.63) is 60.2 Å². The molecule has 124 valence electrons. The molecule has 2 aromatic rings. The van der Waals surface area contributed by atoms with E-state index in [4.69, 9.17) is 10.9 Å². The van der Waals surface area contributed by atoms with Gasteiger partial charge in [-0.05, 0) is 36.2 Å². The largest absolute Gasteiger partial charge is 0.370 e. The van der Waals surface area contributed by atoms with E-state index < -0.39 is 10.0 Å². The molecule has 8 heteroatoms. The number of hydrogen-bond acceptors (Lipinski definition) is 3. The second-order valence-corrected chi connectivity index (χ2v) is 6.26. The summed E-state index contributed by atoms with van der Waals surface area (Å²) >= 11 is 0. The lowest BCUT2D eigenvalue weighted by Crippen LogP contribution is -2.23. The molecule has 0 aliphatic heterocycles. The molecular formula is C15H19IN4O2S. The van der Waals surface area contributed by atoms with Gasteiger partial charge in [-0.15, -0.1) is 24.0 Å². The van der Waals surface area contributed by atoms with Gasteiger partial charge in [0.2, 0.25) is 10.0 Å². The summed E-state index contributed by atoms with van der Waals surface area (Å²) in [4.78, 5) is 4.33. The summed E-state index contributed by atoms with van der Waals surface area (Å²) in [6.45, 7) is 0.500. The van der Waals surface area contributed by atoms with Crippen LogP contribution in [0.3, 0.4) is 0 Å². The Morgan fingerprint density at radius 2 is 1.65 bits per heavy atom. The fourth-order valence-corrected chi connectivity index (χ4v) is 2.38. The second kappa shape index (κ2) is 8.85.